The van der Waals surface area contributed by atoms with Crippen LogP contribution >= 0.6 is 0 Å². The topological polar surface area (TPSA) is 9.23 Å². The molecule has 2 aliphatic rings. The van der Waals surface area contributed by atoms with Crippen molar-refractivity contribution in [2.45, 2.75) is 58.8 Å². The van der Waals surface area contributed by atoms with Gasteiger partial charge in [-0.3, -0.25) is 0 Å². The normalized spacial score (nSPS) is 11.5. The van der Waals surface area contributed by atoms with Crippen LogP contribution in [0, 0.1) is 0 Å². The van der Waals surface area contributed by atoms with Gasteiger partial charge in [0.15, 0.2) is 0 Å². The molecule has 0 heterocycles. The average Bonchev–Trinajstić information content (AvgIpc) is 2.79. The molecule has 1 heteroatoms. The van der Waals surface area contributed by atoms with Gasteiger partial charge in [-0.15, -0.1) is 0 Å². The molecule has 1 aromatic carbocycles. The van der Waals surface area contributed by atoms with E-state index in [2.05, 4.69) is 69.3 Å². The van der Waals surface area contributed by atoms with Crippen molar-refractivity contribution < 1.29 is 4.74 Å². The third kappa shape index (κ3) is 4.34. The maximum absolute atomic E-state index is 5.97. The fraction of sp³-hybridized carbons (Fsp3) is 0.417. The van der Waals surface area contributed by atoms with Crippen LogP contribution in [0.4, 0.5) is 0 Å². The van der Waals surface area contributed by atoms with Crippen LogP contribution in [0.25, 0.3) is 21.9 Å². The molecule has 0 aliphatic heterocycles. The molecule has 0 bridgehead atoms. The Kier molecular flexibility index (Phi) is 5.96. The van der Waals surface area contributed by atoms with E-state index in [4.69, 9.17) is 4.74 Å². The fourth-order valence-electron chi connectivity index (χ4n) is 3.44. The van der Waals surface area contributed by atoms with Crippen LogP contribution in [0.5, 0.6) is 5.75 Å². The van der Waals surface area contributed by atoms with E-state index in [1.54, 1.807) is 0 Å². The first-order valence-corrected chi connectivity index (χ1v) is 9.78. The summed E-state index contributed by atoms with van der Waals surface area (Å²) in [6.45, 7) is 7.56. The maximum atomic E-state index is 5.97. The van der Waals surface area contributed by atoms with Gasteiger partial charge in [-0.2, -0.15) is 0 Å². The Labute approximate surface area is 152 Å². The molecule has 2 aliphatic carbocycles. The highest BCUT2D eigenvalue weighted by Crippen LogP contribution is 2.36. The Bertz CT molecular complexity index is 787. The van der Waals surface area contributed by atoms with Gasteiger partial charge < -0.3 is 4.74 Å². The number of ether oxygens (including phenoxy) is 1. The third-order valence-electron chi connectivity index (χ3n) is 4.99. The van der Waals surface area contributed by atoms with E-state index in [1.165, 1.54) is 53.1 Å². The lowest BCUT2D eigenvalue weighted by atomic mass is 10.0. The molecule has 0 atom stereocenters. The van der Waals surface area contributed by atoms with E-state index in [1.807, 2.05) is 0 Å². The largest absolute Gasteiger partial charge is 0.494 e. The molecule has 0 fully saturated rings. The van der Waals surface area contributed by atoms with Crippen LogP contribution in [0.3, 0.4) is 0 Å². The van der Waals surface area contributed by atoms with E-state index >= 15 is 0 Å². The van der Waals surface area contributed by atoms with Crippen LogP contribution in [0.1, 0.15) is 64.4 Å². The molecule has 0 aromatic heterocycles. The van der Waals surface area contributed by atoms with Crippen LogP contribution in [-0.4, -0.2) is 6.61 Å². The Hall–Kier alpha value is -2.02. The SMILES string of the molecule is CCCCCCCOc1ccc2c3cccc(C(C)C)cc-3cc2c1. The van der Waals surface area contributed by atoms with E-state index < -0.39 is 0 Å². The summed E-state index contributed by atoms with van der Waals surface area (Å²) < 4.78 is 5.97. The first-order valence-electron chi connectivity index (χ1n) is 9.78. The minimum Gasteiger partial charge on any atom is -0.494 e. The van der Waals surface area contributed by atoms with Gasteiger partial charge in [0.2, 0.25) is 0 Å². The summed E-state index contributed by atoms with van der Waals surface area (Å²) in [4.78, 5) is 0. The van der Waals surface area contributed by atoms with Gasteiger partial charge >= 0.3 is 0 Å². The summed E-state index contributed by atoms with van der Waals surface area (Å²) in [5.74, 6) is 1.53. The van der Waals surface area contributed by atoms with Gasteiger partial charge in [0.05, 0.1) is 6.61 Å². The Balaban J connectivity index is 1.76. The summed E-state index contributed by atoms with van der Waals surface area (Å²) in [6.07, 6.45) is 6.36. The first kappa shape index (κ1) is 17.8. The molecule has 0 N–H and O–H groups in total. The first-order chi connectivity index (χ1) is 12.2. The average molecular weight is 335 g/mol. The lowest BCUT2D eigenvalue weighted by Gasteiger charge is -2.06. The zero-order valence-electron chi connectivity index (χ0n) is 15.8. The smallest absolute Gasteiger partial charge is 0.119 e. The lowest BCUT2D eigenvalue weighted by molar-refractivity contribution is 0.305. The highest BCUT2D eigenvalue weighted by Gasteiger charge is 2.11. The Morgan fingerprint density at radius 2 is 1.72 bits per heavy atom. The molecular formula is C24H30O. The van der Waals surface area contributed by atoms with E-state index in [-0.39, 0.29) is 0 Å². The standard InChI is InChI=1S/C24H30O/c1-4-5-6-7-8-14-25-22-12-13-24-21(17-22)16-20-15-19(18(2)3)10-9-11-23(20)24/h9-13,15-18H,4-8,14H2,1-3H3. The predicted molar refractivity (Wildman–Crippen MR) is 109 cm³/mol. The van der Waals surface area contributed by atoms with E-state index in [9.17, 15) is 0 Å². The highest BCUT2D eigenvalue weighted by atomic mass is 16.5. The van der Waals surface area contributed by atoms with Gasteiger partial charge in [0.1, 0.15) is 5.75 Å². The summed E-state index contributed by atoms with van der Waals surface area (Å²) in [5.41, 5.74) is 4.03. The number of hydrogen-bond donors (Lipinski definition) is 0. The van der Waals surface area contributed by atoms with Crippen molar-refractivity contribution >= 4 is 10.8 Å². The zero-order chi connectivity index (χ0) is 17.6. The monoisotopic (exact) mass is 334 g/mol. The van der Waals surface area contributed by atoms with Crippen molar-refractivity contribution in [1.29, 1.82) is 0 Å². The molecule has 0 saturated carbocycles. The van der Waals surface area contributed by atoms with E-state index in [0.29, 0.717) is 5.92 Å². The summed E-state index contributed by atoms with van der Waals surface area (Å²) in [6, 6.07) is 17.8. The van der Waals surface area contributed by atoms with Crippen molar-refractivity contribution in [3.8, 4) is 16.9 Å². The Morgan fingerprint density at radius 3 is 2.52 bits per heavy atom. The third-order valence-corrected chi connectivity index (χ3v) is 4.99. The number of benzene rings is 1. The van der Waals surface area contributed by atoms with Gasteiger partial charge in [0, 0.05) is 0 Å². The van der Waals surface area contributed by atoms with Crippen molar-refractivity contribution in [2.75, 3.05) is 6.61 Å². The molecule has 132 valence electrons. The Morgan fingerprint density at radius 1 is 0.880 bits per heavy atom. The molecule has 1 nitrogen and oxygen atoms in total. The molecular weight excluding hydrogens is 304 g/mol. The number of fused-ring (bicyclic) bond motifs is 3. The van der Waals surface area contributed by atoms with Crippen molar-refractivity contribution in [1.82, 2.24) is 0 Å². The molecule has 0 radical (unpaired) electrons. The zero-order valence-corrected chi connectivity index (χ0v) is 15.8. The number of hydrogen-bond acceptors (Lipinski definition) is 1. The van der Waals surface area contributed by atoms with Crippen LogP contribution in [0.15, 0.2) is 48.5 Å². The van der Waals surface area contributed by atoms with E-state index in [0.717, 1.165) is 18.8 Å². The fourth-order valence-corrected chi connectivity index (χ4v) is 3.44. The molecule has 0 unspecified atom stereocenters. The van der Waals surface area contributed by atoms with Gasteiger partial charge in [-0.1, -0.05) is 76.8 Å². The number of unbranched alkanes of at least 4 members (excludes halogenated alkanes) is 4. The summed E-state index contributed by atoms with van der Waals surface area (Å²) in [7, 11) is 0. The van der Waals surface area contributed by atoms with Gasteiger partial charge in [0.25, 0.3) is 0 Å². The predicted octanol–water partition coefficient (Wildman–Crippen LogP) is 7.42. The summed E-state index contributed by atoms with van der Waals surface area (Å²) >= 11 is 0. The second-order valence-corrected chi connectivity index (χ2v) is 7.35. The molecule has 3 rings (SSSR count). The maximum Gasteiger partial charge on any atom is 0.119 e. The van der Waals surface area contributed by atoms with Gasteiger partial charge in [-0.05, 0) is 58.0 Å². The lowest BCUT2D eigenvalue weighted by Crippen LogP contribution is -1.96. The molecule has 25 heavy (non-hydrogen) atoms. The van der Waals surface area contributed by atoms with Gasteiger partial charge in [-0.25, -0.2) is 0 Å². The molecule has 1 aromatic rings. The van der Waals surface area contributed by atoms with Crippen molar-refractivity contribution in [3.63, 3.8) is 0 Å². The molecule has 0 saturated heterocycles. The molecule has 0 spiro atoms. The van der Waals surface area contributed by atoms with Crippen molar-refractivity contribution in [3.05, 3.63) is 54.1 Å². The quantitative estimate of drug-likeness (QED) is 0.389. The van der Waals surface area contributed by atoms with Crippen LogP contribution in [0.2, 0.25) is 0 Å². The van der Waals surface area contributed by atoms with Crippen molar-refractivity contribution in [2.24, 2.45) is 0 Å². The minimum atomic E-state index is 0.542. The highest BCUT2D eigenvalue weighted by molar-refractivity contribution is 6.02. The number of rotatable bonds is 8. The second kappa shape index (κ2) is 8.38. The summed E-state index contributed by atoms with van der Waals surface area (Å²) in [5, 5.41) is 2.59. The minimum absolute atomic E-state index is 0.542. The van der Waals surface area contributed by atoms with Crippen LogP contribution < -0.4 is 4.74 Å². The second-order valence-electron chi connectivity index (χ2n) is 7.35. The molecule has 0 amide bonds. The van der Waals surface area contributed by atoms with Crippen LogP contribution in [-0.2, 0) is 0 Å².